The zero-order chi connectivity index (χ0) is 19.0. The van der Waals surface area contributed by atoms with Crippen molar-refractivity contribution in [2.24, 2.45) is 5.10 Å². The summed E-state index contributed by atoms with van der Waals surface area (Å²) in [6, 6.07) is 14.9. The van der Waals surface area contributed by atoms with Crippen molar-refractivity contribution < 1.29 is 18.0 Å². The second kappa shape index (κ2) is 6.68. The molecule has 4 rings (SSSR count). The Labute approximate surface area is 154 Å². The minimum atomic E-state index is -4.41. The Kier molecular flexibility index (Phi) is 4.34. The number of benzene rings is 2. The van der Waals surface area contributed by atoms with Crippen LogP contribution in [-0.2, 0) is 11.0 Å². The second-order valence-electron chi connectivity index (χ2n) is 6.82. The first kappa shape index (κ1) is 17.5. The molecule has 1 aliphatic carbocycles. The molecule has 1 aliphatic heterocycles. The van der Waals surface area contributed by atoms with E-state index in [1.807, 2.05) is 30.3 Å². The number of allylic oxidation sites excluding steroid dienone is 2. The summed E-state index contributed by atoms with van der Waals surface area (Å²) in [5.41, 5.74) is 5.54. The van der Waals surface area contributed by atoms with Gasteiger partial charge in [0.25, 0.3) is 0 Å². The second-order valence-corrected chi connectivity index (χ2v) is 6.82. The largest absolute Gasteiger partial charge is 0.416 e. The maximum Gasteiger partial charge on any atom is 0.416 e. The van der Waals surface area contributed by atoms with Gasteiger partial charge in [-0.15, -0.1) is 0 Å². The van der Waals surface area contributed by atoms with Gasteiger partial charge in [-0.2, -0.15) is 18.3 Å². The Hall–Kier alpha value is -2.89. The monoisotopic (exact) mass is 370 g/mol. The molecule has 1 unspecified atom stereocenters. The molecular weight excluding hydrogens is 353 g/mol. The molecule has 0 saturated carbocycles. The first-order valence-corrected chi connectivity index (χ1v) is 8.72. The van der Waals surface area contributed by atoms with E-state index >= 15 is 0 Å². The fourth-order valence-electron chi connectivity index (χ4n) is 3.62. The number of alkyl halides is 3. The Morgan fingerprint density at radius 3 is 2.52 bits per heavy atom. The molecule has 0 saturated heterocycles. The molecule has 138 valence electrons. The molecule has 1 N–H and O–H groups in total. The van der Waals surface area contributed by atoms with Crippen molar-refractivity contribution in [3.8, 4) is 0 Å². The highest BCUT2D eigenvalue weighted by Gasteiger charge is 2.33. The summed E-state index contributed by atoms with van der Waals surface area (Å²) in [5, 5.41) is 4.26. The van der Waals surface area contributed by atoms with Crippen LogP contribution in [0.5, 0.6) is 0 Å². The minimum Gasteiger partial charge on any atom is -0.294 e. The fourth-order valence-corrected chi connectivity index (χ4v) is 3.62. The summed E-state index contributed by atoms with van der Waals surface area (Å²) < 4.78 is 38.9. The Morgan fingerprint density at radius 1 is 1.00 bits per heavy atom. The van der Waals surface area contributed by atoms with E-state index in [9.17, 15) is 18.0 Å². The smallest absolute Gasteiger partial charge is 0.294 e. The van der Waals surface area contributed by atoms with Gasteiger partial charge in [0.1, 0.15) is 0 Å². The van der Waals surface area contributed by atoms with Gasteiger partial charge in [0, 0.05) is 24.1 Å². The van der Waals surface area contributed by atoms with Crippen LogP contribution < -0.4 is 5.43 Å². The van der Waals surface area contributed by atoms with Crippen molar-refractivity contribution in [3.63, 3.8) is 0 Å². The Balaban J connectivity index is 1.57. The van der Waals surface area contributed by atoms with Crippen LogP contribution in [0.3, 0.4) is 0 Å². The molecule has 3 nitrogen and oxygen atoms in total. The van der Waals surface area contributed by atoms with Gasteiger partial charge in [-0.3, -0.25) is 10.2 Å². The third-order valence-electron chi connectivity index (χ3n) is 5.05. The zero-order valence-corrected chi connectivity index (χ0v) is 14.4. The number of halogens is 3. The van der Waals surface area contributed by atoms with E-state index in [4.69, 9.17) is 0 Å². The third kappa shape index (κ3) is 3.52. The number of carbonyl (C=O) groups excluding carboxylic acids is 1. The lowest BCUT2D eigenvalue weighted by Gasteiger charge is -2.29. The van der Waals surface area contributed by atoms with Crippen molar-refractivity contribution in [2.45, 2.75) is 31.4 Å². The molecule has 2 aromatic carbocycles. The van der Waals surface area contributed by atoms with Crippen molar-refractivity contribution >= 4 is 11.5 Å². The van der Waals surface area contributed by atoms with Gasteiger partial charge >= 0.3 is 6.18 Å². The van der Waals surface area contributed by atoms with Gasteiger partial charge in [0.15, 0.2) is 5.78 Å². The third-order valence-corrected chi connectivity index (χ3v) is 5.05. The van der Waals surface area contributed by atoms with Gasteiger partial charge < -0.3 is 0 Å². The summed E-state index contributed by atoms with van der Waals surface area (Å²) in [6.45, 7) is 0. The summed E-state index contributed by atoms with van der Waals surface area (Å²) in [4.78, 5) is 12.7. The van der Waals surface area contributed by atoms with Crippen molar-refractivity contribution in [1.29, 1.82) is 0 Å². The molecule has 1 atom stereocenters. The number of hydrazone groups is 1. The highest BCUT2D eigenvalue weighted by Crippen LogP contribution is 2.37. The maximum atomic E-state index is 13.0. The van der Waals surface area contributed by atoms with Gasteiger partial charge in [0.2, 0.25) is 0 Å². The van der Waals surface area contributed by atoms with Crippen LogP contribution in [0, 0.1) is 0 Å². The average Bonchev–Trinajstić information content (AvgIpc) is 2.68. The lowest BCUT2D eigenvalue weighted by molar-refractivity contribution is -0.137. The average molecular weight is 370 g/mol. The molecule has 1 heterocycles. The summed E-state index contributed by atoms with van der Waals surface area (Å²) in [6.07, 6.45) is -3.08. The molecule has 0 spiro atoms. The van der Waals surface area contributed by atoms with E-state index in [2.05, 4.69) is 10.5 Å². The lowest BCUT2D eigenvalue weighted by atomic mass is 9.79. The number of hydrogen-bond acceptors (Lipinski definition) is 3. The van der Waals surface area contributed by atoms with Crippen LogP contribution in [0.25, 0.3) is 0 Å². The van der Waals surface area contributed by atoms with Crippen LogP contribution in [0.2, 0.25) is 0 Å². The van der Waals surface area contributed by atoms with Crippen LogP contribution in [0.1, 0.15) is 41.9 Å². The molecule has 0 bridgehead atoms. The number of carbonyl (C=O) groups is 1. The summed E-state index contributed by atoms with van der Waals surface area (Å²) in [7, 11) is 0. The van der Waals surface area contributed by atoms with Gasteiger partial charge in [0.05, 0.1) is 11.3 Å². The number of ketones is 1. The fraction of sp³-hybridized carbons (Fsp3) is 0.238. The standard InChI is InChI=1S/C21H17F3N2O/c22-21(23,24)16-8-4-7-14(9-16)18-12-17-19(26-25-18)10-15(11-20(17)27)13-5-2-1-3-6-13/h1-9,15,26H,10-12H2. The molecule has 0 aromatic heterocycles. The zero-order valence-electron chi connectivity index (χ0n) is 14.4. The van der Waals surface area contributed by atoms with Crippen LogP contribution in [-0.4, -0.2) is 11.5 Å². The molecular formula is C21H17F3N2O. The van der Waals surface area contributed by atoms with E-state index < -0.39 is 11.7 Å². The first-order valence-electron chi connectivity index (χ1n) is 8.72. The van der Waals surface area contributed by atoms with E-state index in [1.54, 1.807) is 6.07 Å². The number of nitrogens with one attached hydrogen (secondary N) is 1. The molecule has 0 radical (unpaired) electrons. The van der Waals surface area contributed by atoms with Crippen LogP contribution in [0.15, 0.2) is 71.0 Å². The quantitative estimate of drug-likeness (QED) is 0.825. The molecule has 2 aliphatic rings. The van der Waals surface area contributed by atoms with Crippen molar-refractivity contribution in [2.75, 3.05) is 0 Å². The number of Topliss-reactive ketones (excluding diaryl/α,β-unsaturated/α-hetero) is 1. The van der Waals surface area contributed by atoms with E-state index in [1.165, 1.54) is 6.07 Å². The van der Waals surface area contributed by atoms with Crippen LogP contribution in [0.4, 0.5) is 13.2 Å². The van der Waals surface area contributed by atoms with Crippen molar-refractivity contribution in [3.05, 3.63) is 82.6 Å². The number of nitrogens with zero attached hydrogens (tertiary/aromatic N) is 1. The highest BCUT2D eigenvalue weighted by molar-refractivity contribution is 6.10. The lowest BCUT2D eigenvalue weighted by Crippen LogP contribution is -2.30. The molecule has 6 heteroatoms. The van der Waals surface area contributed by atoms with E-state index in [-0.39, 0.29) is 18.1 Å². The van der Waals surface area contributed by atoms with Gasteiger partial charge in [-0.1, -0.05) is 42.5 Å². The van der Waals surface area contributed by atoms with Crippen molar-refractivity contribution in [1.82, 2.24) is 5.43 Å². The molecule has 2 aromatic rings. The van der Waals surface area contributed by atoms with Crippen LogP contribution >= 0.6 is 0 Å². The van der Waals surface area contributed by atoms with E-state index in [0.29, 0.717) is 29.7 Å². The van der Waals surface area contributed by atoms with E-state index in [0.717, 1.165) is 23.4 Å². The minimum absolute atomic E-state index is 0.0250. The van der Waals surface area contributed by atoms with Gasteiger partial charge in [-0.05, 0) is 35.6 Å². The molecule has 0 fully saturated rings. The Morgan fingerprint density at radius 2 is 1.78 bits per heavy atom. The molecule has 0 amide bonds. The topological polar surface area (TPSA) is 41.5 Å². The predicted octanol–water partition coefficient (Wildman–Crippen LogP) is 4.80. The predicted molar refractivity (Wildman–Crippen MR) is 96.2 cm³/mol. The first-order chi connectivity index (χ1) is 12.9. The highest BCUT2D eigenvalue weighted by atomic mass is 19.4. The normalized spacial score (nSPS) is 20.0. The summed E-state index contributed by atoms with van der Waals surface area (Å²) >= 11 is 0. The number of rotatable bonds is 2. The van der Waals surface area contributed by atoms with Gasteiger partial charge in [-0.25, -0.2) is 0 Å². The molecule has 27 heavy (non-hydrogen) atoms. The number of hydrogen-bond donors (Lipinski definition) is 1. The SMILES string of the molecule is O=C1CC(c2ccccc2)CC2=C1CC(c1cccc(C(F)(F)F)c1)=NN2. The summed E-state index contributed by atoms with van der Waals surface area (Å²) in [5.74, 6) is 0.118. The maximum absolute atomic E-state index is 13.0. The Bertz CT molecular complexity index is 945.